The Kier molecular flexibility index (Phi) is 7.33. The SMILES string of the molecule is CCC1(CC)C(=O)N(C2CCN(C(=O)CN3C(=O)CCC3=O)CC2)N=C1c1ccc(OC)c(OC)c1. The third-order valence-corrected chi connectivity index (χ3v) is 7.75. The summed E-state index contributed by atoms with van der Waals surface area (Å²) in [7, 11) is 3.16. The Morgan fingerprint density at radius 1 is 1.00 bits per heavy atom. The molecule has 1 aromatic rings. The first-order valence-electron chi connectivity index (χ1n) is 12.6. The number of piperidine rings is 1. The zero-order chi connectivity index (χ0) is 26.0. The highest BCUT2D eigenvalue weighted by Crippen LogP contribution is 2.42. The zero-order valence-corrected chi connectivity index (χ0v) is 21.4. The minimum absolute atomic E-state index is 0.0182. The van der Waals surface area contributed by atoms with Gasteiger partial charge in [0.05, 0.1) is 31.4 Å². The van der Waals surface area contributed by atoms with Crippen molar-refractivity contribution in [2.45, 2.75) is 58.4 Å². The summed E-state index contributed by atoms with van der Waals surface area (Å²) in [5.41, 5.74) is 0.811. The molecule has 0 saturated carbocycles. The quantitative estimate of drug-likeness (QED) is 0.509. The summed E-state index contributed by atoms with van der Waals surface area (Å²) in [4.78, 5) is 52.9. The Labute approximate surface area is 211 Å². The smallest absolute Gasteiger partial charge is 0.255 e. The fourth-order valence-corrected chi connectivity index (χ4v) is 5.42. The number of methoxy groups -OCH3 is 2. The number of amides is 4. The van der Waals surface area contributed by atoms with Crippen molar-refractivity contribution in [2.24, 2.45) is 10.5 Å². The number of carbonyl (C=O) groups is 4. The molecule has 10 nitrogen and oxygen atoms in total. The van der Waals surface area contributed by atoms with Gasteiger partial charge in [-0.05, 0) is 43.9 Å². The van der Waals surface area contributed by atoms with Crippen molar-refractivity contribution in [3.63, 3.8) is 0 Å². The number of imide groups is 1. The summed E-state index contributed by atoms with van der Waals surface area (Å²) in [5, 5.41) is 6.48. The molecule has 0 unspecified atom stereocenters. The van der Waals surface area contributed by atoms with E-state index in [1.165, 1.54) is 0 Å². The van der Waals surface area contributed by atoms with Gasteiger partial charge in [-0.3, -0.25) is 24.1 Å². The van der Waals surface area contributed by atoms with Crippen LogP contribution in [0.1, 0.15) is 57.9 Å². The molecule has 3 aliphatic rings. The van der Waals surface area contributed by atoms with Crippen molar-refractivity contribution in [1.82, 2.24) is 14.8 Å². The fraction of sp³-hybridized carbons (Fsp3) is 0.577. The van der Waals surface area contributed by atoms with Gasteiger partial charge in [-0.25, -0.2) is 5.01 Å². The van der Waals surface area contributed by atoms with Gasteiger partial charge in [0.15, 0.2) is 11.5 Å². The van der Waals surface area contributed by atoms with Crippen LogP contribution in [0.4, 0.5) is 0 Å². The van der Waals surface area contributed by atoms with E-state index in [1.807, 2.05) is 32.0 Å². The molecule has 0 aromatic heterocycles. The Balaban J connectivity index is 1.51. The van der Waals surface area contributed by atoms with Crippen LogP contribution >= 0.6 is 0 Å². The number of hydrazone groups is 1. The number of ether oxygens (including phenoxy) is 2. The van der Waals surface area contributed by atoms with E-state index in [4.69, 9.17) is 14.6 Å². The maximum absolute atomic E-state index is 13.8. The lowest BCUT2D eigenvalue weighted by molar-refractivity contribution is -0.147. The number of rotatable bonds is 8. The number of benzene rings is 1. The van der Waals surface area contributed by atoms with Crippen molar-refractivity contribution in [2.75, 3.05) is 33.9 Å². The van der Waals surface area contributed by atoms with E-state index in [-0.39, 0.29) is 49.1 Å². The second-order valence-corrected chi connectivity index (χ2v) is 9.44. The third-order valence-electron chi connectivity index (χ3n) is 7.75. The van der Waals surface area contributed by atoms with E-state index in [1.54, 1.807) is 24.1 Å². The lowest BCUT2D eigenvalue weighted by Crippen LogP contribution is -2.50. The van der Waals surface area contributed by atoms with Crippen molar-refractivity contribution >= 4 is 29.3 Å². The molecule has 3 aliphatic heterocycles. The minimum atomic E-state index is -0.733. The van der Waals surface area contributed by atoms with Crippen LogP contribution in [0.5, 0.6) is 11.5 Å². The third kappa shape index (κ3) is 4.33. The van der Waals surface area contributed by atoms with Crippen molar-refractivity contribution in [3.8, 4) is 11.5 Å². The standard InChI is InChI=1S/C26H34N4O6/c1-5-26(6-2)24(17-7-8-19(35-3)20(15-17)36-4)27-30(25(26)34)18-11-13-28(14-12-18)23(33)16-29-21(31)9-10-22(29)32/h7-8,15,18H,5-6,9-14,16H2,1-4H3. The van der Waals surface area contributed by atoms with Crippen LogP contribution in [0.15, 0.2) is 23.3 Å². The summed E-state index contributed by atoms with van der Waals surface area (Å²) in [5.74, 6) is 0.338. The van der Waals surface area contributed by atoms with Crippen LogP contribution in [-0.2, 0) is 19.2 Å². The highest BCUT2D eigenvalue weighted by molar-refractivity contribution is 6.20. The first-order chi connectivity index (χ1) is 17.3. The van der Waals surface area contributed by atoms with Gasteiger partial charge < -0.3 is 14.4 Å². The Morgan fingerprint density at radius 2 is 1.61 bits per heavy atom. The lowest BCUT2D eigenvalue weighted by atomic mass is 9.75. The second-order valence-electron chi connectivity index (χ2n) is 9.44. The first-order valence-corrected chi connectivity index (χ1v) is 12.6. The van der Waals surface area contributed by atoms with E-state index in [0.717, 1.165) is 16.2 Å². The average Bonchev–Trinajstić information content (AvgIpc) is 3.39. The molecular formula is C26H34N4O6. The van der Waals surface area contributed by atoms with Gasteiger partial charge in [0, 0.05) is 31.5 Å². The normalized spacial score (nSPS) is 20.3. The molecular weight excluding hydrogens is 464 g/mol. The van der Waals surface area contributed by atoms with Gasteiger partial charge in [-0.2, -0.15) is 5.10 Å². The second kappa shape index (κ2) is 10.3. The first kappa shape index (κ1) is 25.7. The van der Waals surface area contributed by atoms with Crippen LogP contribution in [-0.4, -0.2) is 84.0 Å². The molecule has 4 rings (SSSR count). The molecule has 0 spiro atoms. The van der Waals surface area contributed by atoms with Gasteiger partial charge in [0.2, 0.25) is 17.7 Å². The average molecular weight is 499 g/mol. The molecule has 0 bridgehead atoms. The number of nitrogens with zero attached hydrogens (tertiary/aromatic N) is 4. The molecule has 0 atom stereocenters. The zero-order valence-electron chi connectivity index (χ0n) is 21.4. The summed E-state index contributed by atoms with van der Waals surface area (Å²) in [6.45, 7) is 4.68. The van der Waals surface area contributed by atoms with Gasteiger partial charge >= 0.3 is 0 Å². The van der Waals surface area contributed by atoms with Crippen molar-refractivity contribution in [1.29, 1.82) is 0 Å². The fourth-order valence-electron chi connectivity index (χ4n) is 5.42. The van der Waals surface area contributed by atoms with Gasteiger partial charge in [-0.15, -0.1) is 0 Å². The molecule has 10 heteroatoms. The number of hydrogen-bond donors (Lipinski definition) is 0. The Morgan fingerprint density at radius 3 is 2.17 bits per heavy atom. The minimum Gasteiger partial charge on any atom is -0.493 e. The monoisotopic (exact) mass is 498 g/mol. The largest absolute Gasteiger partial charge is 0.493 e. The van der Waals surface area contributed by atoms with Crippen LogP contribution < -0.4 is 9.47 Å². The predicted octanol–water partition coefficient (Wildman–Crippen LogP) is 2.20. The summed E-state index contributed by atoms with van der Waals surface area (Å²) < 4.78 is 10.8. The molecule has 0 aliphatic carbocycles. The highest BCUT2D eigenvalue weighted by atomic mass is 16.5. The molecule has 36 heavy (non-hydrogen) atoms. The molecule has 0 radical (unpaired) electrons. The molecule has 1 aromatic carbocycles. The number of hydrogen-bond acceptors (Lipinski definition) is 7. The molecule has 2 fully saturated rings. The topological polar surface area (TPSA) is 109 Å². The number of likely N-dealkylation sites (tertiary alicyclic amines) is 2. The maximum Gasteiger partial charge on any atom is 0.255 e. The van der Waals surface area contributed by atoms with Gasteiger partial charge in [0.25, 0.3) is 5.91 Å². The van der Waals surface area contributed by atoms with E-state index in [0.29, 0.717) is 50.3 Å². The van der Waals surface area contributed by atoms with Crippen LogP contribution in [0, 0.1) is 5.41 Å². The Bertz CT molecular complexity index is 1070. The molecule has 2 saturated heterocycles. The molecule has 194 valence electrons. The van der Waals surface area contributed by atoms with Crippen molar-refractivity contribution < 1.29 is 28.7 Å². The predicted molar refractivity (Wildman–Crippen MR) is 132 cm³/mol. The summed E-state index contributed by atoms with van der Waals surface area (Å²) in [6, 6.07) is 5.45. The molecule has 0 N–H and O–H groups in total. The van der Waals surface area contributed by atoms with E-state index >= 15 is 0 Å². The highest BCUT2D eigenvalue weighted by Gasteiger charge is 2.51. The Hall–Kier alpha value is -3.43. The van der Waals surface area contributed by atoms with E-state index in [9.17, 15) is 19.2 Å². The van der Waals surface area contributed by atoms with Crippen LogP contribution in [0.3, 0.4) is 0 Å². The van der Waals surface area contributed by atoms with Crippen molar-refractivity contribution in [3.05, 3.63) is 23.8 Å². The maximum atomic E-state index is 13.8. The molecule has 4 amide bonds. The summed E-state index contributed by atoms with van der Waals surface area (Å²) >= 11 is 0. The van der Waals surface area contributed by atoms with Crippen LogP contribution in [0.2, 0.25) is 0 Å². The van der Waals surface area contributed by atoms with Gasteiger partial charge in [0.1, 0.15) is 6.54 Å². The lowest BCUT2D eigenvalue weighted by Gasteiger charge is -2.36. The van der Waals surface area contributed by atoms with Crippen LogP contribution in [0.25, 0.3) is 0 Å². The van der Waals surface area contributed by atoms with E-state index in [2.05, 4.69) is 0 Å². The van der Waals surface area contributed by atoms with E-state index < -0.39 is 5.41 Å². The summed E-state index contributed by atoms with van der Waals surface area (Å²) in [6.07, 6.45) is 2.71. The van der Waals surface area contributed by atoms with Gasteiger partial charge in [-0.1, -0.05) is 13.8 Å². The number of carbonyl (C=O) groups excluding carboxylic acids is 4. The molecule has 3 heterocycles.